The van der Waals surface area contributed by atoms with Gasteiger partial charge in [-0.2, -0.15) is 13.2 Å². The molecule has 1 atom stereocenters. The maximum atomic E-state index is 13.5. The third kappa shape index (κ3) is 4.19. The van der Waals surface area contributed by atoms with Gasteiger partial charge in [0.05, 0.1) is 5.56 Å². The van der Waals surface area contributed by atoms with Crippen LogP contribution in [0, 0.1) is 11.7 Å². The number of carboxylic acids is 1. The highest BCUT2D eigenvalue weighted by molar-refractivity contribution is 5.73. The SMILES string of the molecule is CC(C)[C@H](NCc1cc(C(F)(F)F)ccc1F)C(=O)O. The normalized spacial score (nSPS) is 13.6. The van der Waals surface area contributed by atoms with Crippen molar-refractivity contribution in [1.29, 1.82) is 0 Å². The molecular weight excluding hydrogens is 278 g/mol. The lowest BCUT2D eigenvalue weighted by atomic mass is 10.0. The van der Waals surface area contributed by atoms with E-state index >= 15 is 0 Å². The van der Waals surface area contributed by atoms with Gasteiger partial charge in [0.15, 0.2) is 0 Å². The Balaban J connectivity index is 2.89. The molecule has 0 aliphatic rings. The molecule has 0 amide bonds. The molecule has 0 radical (unpaired) electrons. The molecule has 0 aliphatic heterocycles. The summed E-state index contributed by atoms with van der Waals surface area (Å²) in [4.78, 5) is 10.9. The standard InChI is InChI=1S/C13H15F4NO2/c1-7(2)11(12(19)20)18-6-8-5-9(13(15,16)17)3-4-10(8)14/h3-5,7,11,18H,6H2,1-2H3,(H,19,20)/t11-/m0/s1. The average molecular weight is 293 g/mol. The molecule has 3 nitrogen and oxygen atoms in total. The van der Waals surface area contributed by atoms with Gasteiger partial charge < -0.3 is 5.11 Å². The third-order valence-corrected chi connectivity index (χ3v) is 2.82. The predicted molar refractivity (Wildman–Crippen MR) is 64.5 cm³/mol. The summed E-state index contributed by atoms with van der Waals surface area (Å²) in [6, 6.07) is 1.10. The maximum Gasteiger partial charge on any atom is 0.416 e. The van der Waals surface area contributed by atoms with E-state index in [0.29, 0.717) is 12.1 Å². The van der Waals surface area contributed by atoms with Crippen LogP contribution in [-0.4, -0.2) is 17.1 Å². The van der Waals surface area contributed by atoms with E-state index in [1.807, 2.05) is 0 Å². The number of halogens is 4. The maximum absolute atomic E-state index is 13.5. The van der Waals surface area contributed by atoms with Gasteiger partial charge in [-0.1, -0.05) is 13.8 Å². The summed E-state index contributed by atoms with van der Waals surface area (Å²) in [6.45, 7) is 3.01. The zero-order chi connectivity index (χ0) is 15.5. The summed E-state index contributed by atoms with van der Waals surface area (Å²) >= 11 is 0. The molecule has 1 aromatic rings. The molecule has 0 saturated heterocycles. The van der Waals surface area contributed by atoms with Crippen LogP contribution in [0.3, 0.4) is 0 Å². The minimum atomic E-state index is -4.56. The van der Waals surface area contributed by atoms with Crippen LogP contribution in [0.5, 0.6) is 0 Å². The molecule has 0 aliphatic carbocycles. The molecule has 1 aromatic carbocycles. The van der Waals surface area contributed by atoms with E-state index in [1.54, 1.807) is 13.8 Å². The quantitative estimate of drug-likeness (QED) is 0.820. The fourth-order valence-electron chi connectivity index (χ4n) is 1.71. The van der Waals surface area contributed by atoms with E-state index in [2.05, 4.69) is 5.32 Å². The molecule has 0 unspecified atom stereocenters. The summed E-state index contributed by atoms with van der Waals surface area (Å²) in [5, 5.41) is 11.5. The van der Waals surface area contributed by atoms with Crippen molar-refractivity contribution < 1.29 is 27.5 Å². The van der Waals surface area contributed by atoms with E-state index in [4.69, 9.17) is 5.11 Å². The van der Waals surface area contributed by atoms with Gasteiger partial charge in [0, 0.05) is 12.1 Å². The van der Waals surface area contributed by atoms with Crippen molar-refractivity contribution in [2.45, 2.75) is 32.6 Å². The van der Waals surface area contributed by atoms with E-state index in [9.17, 15) is 22.4 Å². The molecule has 0 spiro atoms. The zero-order valence-corrected chi connectivity index (χ0v) is 11.0. The number of carboxylic acid groups (broad SMARTS) is 1. The first kappa shape index (κ1) is 16.4. The topological polar surface area (TPSA) is 49.3 Å². The van der Waals surface area contributed by atoms with Gasteiger partial charge in [-0.25, -0.2) is 4.39 Å². The molecule has 0 bridgehead atoms. The van der Waals surface area contributed by atoms with Crippen molar-refractivity contribution in [3.63, 3.8) is 0 Å². The van der Waals surface area contributed by atoms with Crippen LogP contribution in [0.15, 0.2) is 18.2 Å². The molecule has 0 heterocycles. The lowest BCUT2D eigenvalue weighted by Gasteiger charge is -2.18. The van der Waals surface area contributed by atoms with Crippen LogP contribution in [0.4, 0.5) is 17.6 Å². The fraction of sp³-hybridized carbons (Fsp3) is 0.462. The van der Waals surface area contributed by atoms with Crippen LogP contribution in [0.2, 0.25) is 0 Å². The molecule has 1 rings (SSSR count). The number of alkyl halides is 3. The average Bonchev–Trinajstić information content (AvgIpc) is 2.29. The van der Waals surface area contributed by atoms with Gasteiger partial charge in [0.25, 0.3) is 0 Å². The fourth-order valence-corrected chi connectivity index (χ4v) is 1.71. The Morgan fingerprint density at radius 1 is 1.35 bits per heavy atom. The minimum Gasteiger partial charge on any atom is -0.480 e. The second-order valence-electron chi connectivity index (χ2n) is 4.74. The van der Waals surface area contributed by atoms with Gasteiger partial charge in [0.2, 0.25) is 0 Å². The highest BCUT2D eigenvalue weighted by Gasteiger charge is 2.31. The Kier molecular flexibility index (Phi) is 5.10. The first-order valence-electron chi connectivity index (χ1n) is 5.94. The molecular formula is C13H15F4NO2. The van der Waals surface area contributed by atoms with E-state index in [0.717, 1.165) is 6.07 Å². The van der Waals surface area contributed by atoms with Crippen LogP contribution in [0.25, 0.3) is 0 Å². The number of hydrogen-bond donors (Lipinski definition) is 2. The van der Waals surface area contributed by atoms with Crippen molar-refractivity contribution in [1.82, 2.24) is 5.32 Å². The monoisotopic (exact) mass is 293 g/mol. The first-order chi connectivity index (χ1) is 9.12. The second-order valence-corrected chi connectivity index (χ2v) is 4.74. The molecule has 2 N–H and O–H groups in total. The van der Waals surface area contributed by atoms with Crippen LogP contribution in [-0.2, 0) is 17.5 Å². The van der Waals surface area contributed by atoms with Gasteiger partial charge in [-0.15, -0.1) is 0 Å². The molecule has 0 fully saturated rings. The Hall–Kier alpha value is -1.63. The van der Waals surface area contributed by atoms with Gasteiger partial charge in [0.1, 0.15) is 11.9 Å². The predicted octanol–water partition coefficient (Wildman–Crippen LogP) is 3.04. The Bertz CT molecular complexity index is 486. The lowest BCUT2D eigenvalue weighted by molar-refractivity contribution is -0.141. The summed E-state index contributed by atoms with van der Waals surface area (Å²) < 4.78 is 51.0. The smallest absolute Gasteiger partial charge is 0.416 e. The summed E-state index contributed by atoms with van der Waals surface area (Å²) in [5.74, 6) is -2.22. The molecule has 0 saturated carbocycles. The number of carbonyl (C=O) groups is 1. The van der Waals surface area contributed by atoms with Crippen molar-refractivity contribution in [2.24, 2.45) is 5.92 Å². The number of aliphatic carboxylic acids is 1. The summed E-state index contributed by atoms with van der Waals surface area (Å²) in [6.07, 6.45) is -4.56. The van der Waals surface area contributed by atoms with Gasteiger partial charge in [-0.05, 0) is 24.1 Å². The number of rotatable bonds is 5. The van der Waals surface area contributed by atoms with Crippen LogP contribution < -0.4 is 5.32 Å². The van der Waals surface area contributed by atoms with Crippen molar-refractivity contribution in [3.8, 4) is 0 Å². The van der Waals surface area contributed by atoms with Crippen molar-refractivity contribution in [2.75, 3.05) is 0 Å². The van der Waals surface area contributed by atoms with E-state index in [1.165, 1.54) is 0 Å². The van der Waals surface area contributed by atoms with Crippen LogP contribution in [0.1, 0.15) is 25.0 Å². The van der Waals surface area contributed by atoms with Crippen molar-refractivity contribution >= 4 is 5.97 Å². The number of benzene rings is 1. The minimum absolute atomic E-state index is 0.216. The lowest BCUT2D eigenvalue weighted by Crippen LogP contribution is -2.40. The zero-order valence-electron chi connectivity index (χ0n) is 11.0. The highest BCUT2D eigenvalue weighted by atomic mass is 19.4. The third-order valence-electron chi connectivity index (χ3n) is 2.82. The molecule has 112 valence electrons. The Morgan fingerprint density at radius 2 is 1.95 bits per heavy atom. The summed E-state index contributed by atoms with van der Waals surface area (Å²) in [7, 11) is 0. The largest absolute Gasteiger partial charge is 0.480 e. The molecule has 20 heavy (non-hydrogen) atoms. The first-order valence-corrected chi connectivity index (χ1v) is 5.94. The second kappa shape index (κ2) is 6.21. The molecule has 7 heteroatoms. The Morgan fingerprint density at radius 3 is 2.40 bits per heavy atom. The molecule has 0 aromatic heterocycles. The Labute approximate surface area is 113 Å². The number of nitrogens with one attached hydrogen (secondary N) is 1. The number of hydrogen-bond acceptors (Lipinski definition) is 2. The van der Waals surface area contributed by atoms with Gasteiger partial charge >= 0.3 is 12.1 Å². The van der Waals surface area contributed by atoms with Crippen molar-refractivity contribution in [3.05, 3.63) is 35.1 Å². The summed E-state index contributed by atoms with van der Waals surface area (Å²) in [5.41, 5.74) is -1.18. The van der Waals surface area contributed by atoms with Gasteiger partial charge in [-0.3, -0.25) is 10.1 Å². The van der Waals surface area contributed by atoms with E-state index in [-0.39, 0.29) is 18.0 Å². The van der Waals surface area contributed by atoms with Crippen LogP contribution >= 0.6 is 0 Å². The highest BCUT2D eigenvalue weighted by Crippen LogP contribution is 2.30. The van der Waals surface area contributed by atoms with E-state index < -0.39 is 29.6 Å².